The second-order valence-electron chi connectivity index (χ2n) is 3.68. The van der Waals surface area contributed by atoms with Gasteiger partial charge in [0, 0.05) is 11.4 Å². The fourth-order valence-electron chi connectivity index (χ4n) is 1.65. The van der Waals surface area contributed by atoms with Crippen molar-refractivity contribution in [3.05, 3.63) is 0 Å². The molecule has 1 saturated carbocycles. The van der Waals surface area contributed by atoms with Crippen molar-refractivity contribution in [1.82, 2.24) is 4.72 Å². The number of sulfonamides is 1. The number of nitrogens with one attached hydrogen (secondary N) is 1. The first kappa shape index (κ1) is 11.5. The van der Waals surface area contributed by atoms with Crippen LogP contribution in [0, 0.1) is 5.92 Å². The molecule has 78 valence electrons. The van der Waals surface area contributed by atoms with Crippen LogP contribution in [-0.4, -0.2) is 26.0 Å². The maximum Gasteiger partial charge on any atom is 0.208 e. The van der Waals surface area contributed by atoms with Crippen LogP contribution in [0.2, 0.25) is 0 Å². The third-order valence-electron chi connectivity index (χ3n) is 2.42. The number of hydrogen-bond donors (Lipinski definition) is 1. The minimum absolute atomic E-state index is 0.462. The number of hydrogen-bond acceptors (Lipinski definition) is 2. The van der Waals surface area contributed by atoms with Gasteiger partial charge < -0.3 is 0 Å². The average molecular weight is 270 g/mol. The summed E-state index contributed by atoms with van der Waals surface area (Å²) in [5.74, 6) is 0.462. The van der Waals surface area contributed by atoms with E-state index >= 15 is 0 Å². The molecule has 0 aromatic heterocycles. The van der Waals surface area contributed by atoms with Crippen LogP contribution in [-0.2, 0) is 10.0 Å². The number of rotatable bonds is 3. The Morgan fingerprint density at radius 2 is 2.00 bits per heavy atom. The van der Waals surface area contributed by atoms with E-state index < -0.39 is 10.0 Å². The Labute approximate surface area is 88.5 Å². The maximum absolute atomic E-state index is 10.9. The van der Waals surface area contributed by atoms with Gasteiger partial charge in [0.05, 0.1) is 6.26 Å². The molecule has 0 aromatic rings. The van der Waals surface area contributed by atoms with Crippen molar-refractivity contribution in [2.45, 2.75) is 30.5 Å². The first-order valence-corrected chi connectivity index (χ1v) is 7.38. The van der Waals surface area contributed by atoms with E-state index in [1.807, 2.05) is 0 Å². The molecule has 1 rings (SSSR count). The van der Waals surface area contributed by atoms with Crippen molar-refractivity contribution >= 4 is 26.0 Å². The lowest BCUT2D eigenvalue weighted by Crippen LogP contribution is -2.33. The largest absolute Gasteiger partial charge is 0.215 e. The van der Waals surface area contributed by atoms with E-state index in [1.54, 1.807) is 0 Å². The zero-order valence-electron chi connectivity index (χ0n) is 7.79. The third-order valence-corrected chi connectivity index (χ3v) is 4.32. The molecule has 5 heteroatoms. The molecule has 0 radical (unpaired) electrons. The summed E-state index contributed by atoms with van der Waals surface area (Å²) in [5.41, 5.74) is 0. The first-order valence-electron chi connectivity index (χ1n) is 4.58. The average Bonchev–Trinajstić information content (AvgIpc) is 2.01. The van der Waals surface area contributed by atoms with Gasteiger partial charge in [-0.25, -0.2) is 13.1 Å². The molecule has 3 nitrogen and oxygen atoms in total. The summed E-state index contributed by atoms with van der Waals surface area (Å²) in [6.07, 6.45) is 5.97. The molecule has 0 aliphatic heterocycles. The molecule has 0 aromatic carbocycles. The van der Waals surface area contributed by atoms with Gasteiger partial charge in [-0.1, -0.05) is 28.8 Å². The Balaban J connectivity index is 2.35. The van der Waals surface area contributed by atoms with Gasteiger partial charge in [-0.2, -0.15) is 0 Å². The molecular weight excluding hydrogens is 254 g/mol. The Hall–Kier alpha value is 0.390. The fourth-order valence-corrected chi connectivity index (χ4v) is 2.94. The molecule has 1 aliphatic rings. The predicted molar refractivity (Wildman–Crippen MR) is 57.5 cm³/mol. The van der Waals surface area contributed by atoms with E-state index in [9.17, 15) is 8.42 Å². The lowest BCUT2D eigenvalue weighted by Gasteiger charge is -2.27. The summed E-state index contributed by atoms with van der Waals surface area (Å²) in [7, 11) is -3.02. The minimum atomic E-state index is -3.02. The van der Waals surface area contributed by atoms with Crippen molar-refractivity contribution < 1.29 is 8.42 Å². The van der Waals surface area contributed by atoms with Crippen LogP contribution in [0.4, 0.5) is 0 Å². The first-order chi connectivity index (χ1) is 5.99. The molecule has 0 bridgehead atoms. The quantitative estimate of drug-likeness (QED) is 0.790. The van der Waals surface area contributed by atoms with Crippen molar-refractivity contribution in [3.63, 3.8) is 0 Å². The lowest BCUT2D eigenvalue weighted by molar-refractivity contribution is 0.373. The Morgan fingerprint density at radius 1 is 1.38 bits per heavy atom. The van der Waals surface area contributed by atoms with E-state index in [0.717, 1.165) is 12.8 Å². The van der Waals surface area contributed by atoms with E-state index in [2.05, 4.69) is 20.7 Å². The summed E-state index contributed by atoms with van der Waals surface area (Å²) >= 11 is 3.59. The molecule has 0 heterocycles. The molecular formula is C8H16BrNO2S. The molecule has 2 unspecified atom stereocenters. The number of alkyl halides is 1. The monoisotopic (exact) mass is 269 g/mol. The zero-order chi connectivity index (χ0) is 9.90. The normalized spacial score (nSPS) is 30.3. The van der Waals surface area contributed by atoms with Gasteiger partial charge in [-0.05, 0) is 18.8 Å². The maximum atomic E-state index is 10.9. The van der Waals surface area contributed by atoms with Crippen molar-refractivity contribution in [3.8, 4) is 0 Å². The molecule has 0 saturated heterocycles. The van der Waals surface area contributed by atoms with E-state index in [1.165, 1.54) is 19.1 Å². The Kier molecular flexibility index (Phi) is 4.19. The summed E-state index contributed by atoms with van der Waals surface area (Å²) in [6, 6.07) is 0. The SMILES string of the molecule is CS(=O)(=O)NCC1CCCCC1Br. The van der Waals surface area contributed by atoms with E-state index in [-0.39, 0.29) is 0 Å². The highest BCUT2D eigenvalue weighted by Gasteiger charge is 2.23. The van der Waals surface area contributed by atoms with Gasteiger partial charge in [-0.15, -0.1) is 0 Å². The highest BCUT2D eigenvalue weighted by Crippen LogP contribution is 2.29. The molecule has 1 fully saturated rings. The van der Waals surface area contributed by atoms with Crippen LogP contribution in [0.1, 0.15) is 25.7 Å². The Morgan fingerprint density at radius 3 is 2.54 bits per heavy atom. The van der Waals surface area contributed by atoms with Crippen LogP contribution in [0.3, 0.4) is 0 Å². The van der Waals surface area contributed by atoms with E-state index in [0.29, 0.717) is 17.3 Å². The van der Waals surface area contributed by atoms with E-state index in [4.69, 9.17) is 0 Å². The highest BCUT2D eigenvalue weighted by molar-refractivity contribution is 9.09. The molecule has 0 amide bonds. The van der Waals surface area contributed by atoms with Gasteiger partial charge in [0.15, 0.2) is 0 Å². The zero-order valence-corrected chi connectivity index (χ0v) is 10.2. The predicted octanol–water partition coefficient (Wildman–Crippen LogP) is 1.49. The minimum Gasteiger partial charge on any atom is -0.215 e. The van der Waals surface area contributed by atoms with Crippen LogP contribution < -0.4 is 4.72 Å². The van der Waals surface area contributed by atoms with Gasteiger partial charge in [0.25, 0.3) is 0 Å². The Bertz CT molecular complexity index is 253. The smallest absolute Gasteiger partial charge is 0.208 e. The molecule has 1 N–H and O–H groups in total. The van der Waals surface area contributed by atoms with Gasteiger partial charge >= 0.3 is 0 Å². The molecule has 2 atom stereocenters. The van der Waals surface area contributed by atoms with Crippen LogP contribution in [0.15, 0.2) is 0 Å². The molecule has 13 heavy (non-hydrogen) atoms. The summed E-state index contributed by atoms with van der Waals surface area (Å²) in [6.45, 7) is 0.578. The van der Waals surface area contributed by atoms with Crippen LogP contribution in [0.5, 0.6) is 0 Å². The summed E-state index contributed by atoms with van der Waals surface area (Å²) < 4.78 is 24.3. The van der Waals surface area contributed by atoms with Crippen molar-refractivity contribution in [1.29, 1.82) is 0 Å². The fraction of sp³-hybridized carbons (Fsp3) is 1.00. The van der Waals surface area contributed by atoms with Crippen LogP contribution in [0.25, 0.3) is 0 Å². The molecule has 1 aliphatic carbocycles. The van der Waals surface area contributed by atoms with Gasteiger partial charge in [-0.3, -0.25) is 0 Å². The lowest BCUT2D eigenvalue weighted by atomic mass is 9.89. The standard InChI is InChI=1S/C8H16BrNO2S/c1-13(11,12)10-6-7-4-2-3-5-8(7)9/h7-8,10H,2-6H2,1H3. The second kappa shape index (κ2) is 4.75. The van der Waals surface area contributed by atoms with Gasteiger partial charge in [0.1, 0.15) is 0 Å². The van der Waals surface area contributed by atoms with Gasteiger partial charge in [0.2, 0.25) is 10.0 Å². The molecule has 0 spiro atoms. The van der Waals surface area contributed by atoms with Crippen molar-refractivity contribution in [2.24, 2.45) is 5.92 Å². The highest BCUT2D eigenvalue weighted by atomic mass is 79.9. The number of halogens is 1. The summed E-state index contributed by atoms with van der Waals surface area (Å²) in [5, 5.41) is 0. The third kappa shape index (κ3) is 4.42. The van der Waals surface area contributed by atoms with Crippen LogP contribution >= 0.6 is 15.9 Å². The second-order valence-corrected chi connectivity index (χ2v) is 6.69. The van der Waals surface area contributed by atoms with Crippen molar-refractivity contribution in [2.75, 3.05) is 12.8 Å². The topological polar surface area (TPSA) is 46.2 Å². The summed E-state index contributed by atoms with van der Waals surface area (Å²) in [4.78, 5) is 0.482.